The van der Waals surface area contributed by atoms with E-state index in [0.717, 1.165) is 12.1 Å². The third kappa shape index (κ3) is 3.53. The summed E-state index contributed by atoms with van der Waals surface area (Å²) in [5.41, 5.74) is 3.48. The number of benzene rings is 1. The van der Waals surface area contributed by atoms with Gasteiger partial charge in [-0.15, -0.1) is 0 Å². The molecule has 0 fully saturated rings. The molecule has 2 heterocycles. The molecule has 3 aromatic rings. The monoisotopic (exact) mass is 324 g/mol. The Morgan fingerprint density at radius 1 is 1.25 bits per heavy atom. The molecule has 6 heteroatoms. The predicted octanol–water partition coefficient (Wildman–Crippen LogP) is 2.72. The number of aromatic nitrogens is 3. The Kier molecular flexibility index (Phi) is 4.74. The van der Waals surface area contributed by atoms with Crippen LogP contribution in [0.15, 0.2) is 47.5 Å². The van der Waals surface area contributed by atoms with Gasteiger partial charge in [-0.2, -0.15) is 0 Å². The molecule has 0 spiro atoms. The molecule has 0 aliphatic rings. The molecular formula is C18H20N4O2. The number of rotatable bonds is 6. The molecule has 0 saturated heterocycles. The van der Waals surface area contributed by atoms with Crippen LogP contribution in [0.3, 0.4) is 0 Å². The van der Waals surface area contributed by atoms with Gasteiger partial charge in [-0.3, -0.25) is 4.79 Å². The minimum absolute atomic E-state index is 0.145. The van der Waals surface area contributed by atoms with Crippen molar-refractivity contribution in [3.63, 3.8) is 0 Å². The van der Waals surface area contributed by atoms with Gasteiger partial charge < -0.3 is 14.4 Å². The van der Waals surface area contributed by atoms with Gasteiger partial charge >= 0.3 is 0 Å². The molecule has 1 amide bonds. The van der Waals surface area contributed by atoms with Crippen molar-refractivity contribution < 1.29 is 9.32 Å². The van der Waals surface area contributed by atoms with Crippen LogP contribution < -0.4 is 5.32 Å². The smallest absolute Gasteiger partial charge is 0.257 e. The Morgan fingerprint density at radius 2 is 2.00 bits per heavy atom. The van der Waals surface area contributed by atoms with Crippen LogP contribution in [0.25, 0.3) is 0 Å². The zero-order chi connectivity index (χ0) is 16.9. The first-order valence-electron chi connectivity index (χ1n) is 7.94. The molecule has 124 valence electrons. The lowest BCUT2D eigenvalue weighted by Gasteiger charge is -2.07. The van der Waals surface area contributed by atoms with E-state index in [1.165, 1.54) is 5.56 Å². The lowest BCUT2D eigenvalue weighted by molar-refractivity contribution is 0.0948. The van der Waals surface area contributed by atoms with Crippen molar-refractivity contribution in [1.29, 1.82) is 0 Å². The molecule has 0 radical (unpaired) electrons. The minimum atomic E-state index is -0.145. The van der Waals surface area contributed by atoms with Crippen LogP contribution in [0.1, 0.15) is 39.9 Å². The molecule has 0 aliphatic heterocycles. The van der Waals surface area contributed by atoms with Gasteiger partial charge in [-0.25, -0.2) is 4.98 Å². The predicted molar refractivity (Wildman–Crippen MR) is 89.6 cm³/mol. The molecule has 24 heavy (non-hydrogen) atoms. The van der Waals surface area contributed by atoms with Crippen molar-refractivity contribution in [2.45, 2.75) is 33.4 Å². The van der Waals surface area contributed by atoms with Gasteiger partial charge in [0.1, 0.15) is 11.3 Å². The Bertz CT molecular complexity index is 804. The highest BCUT2D eigenvalue weighted by molar-refractivity contribution is 5.96. The highest BCUT2D eigenvalue weighted by Gasteiger charge is 2.18. The summed E-state index contributed by atoms with van der Waals surface area (Å²) >= 11 is 0. The van der Waals surface area contributed by atoms with E-state index in [1.807, 2.05) is 29.8 Å². The summed E-state index contributed by atoms with van der Waals surface area (Å²) in [5.74, 6) is 0.410. The summed E-state index contributed by atoms with van der Waals surface area (Å²) in [6, 6.07) is 8.16. The Hall–Kier alpha value is -2.89. The summed E-state index contributed by atoms with van der Waals surface area (Å²) in [4.78, 5) is 16.4. The van der Waals surface area contributed by atoms with Crippen LogP contribution in [0.4, 0.5) is 0 Å². The topological polar surface area (TPSA) is 73.0 Å². The standard InChI is InChI=1S/C18H20N4O2/c1-3-16-17(13(2)24-21-16)18(23)20-10-14-4-6-15(7-5-14)11-22-9-8-19-12-22/h4-9,12H,3,10-11H2,1-2H3,(H,20,23). The van der Waals surface area contributed by atoms with Crippen LogP contribution in [-0.2, 0) is 19.5 Å². The maximum absolute atomic E-state index is 12.3. The van der Waals surface area contributed by atoms with E-state index < -0.39 is 0 Å². The van der Waals surface area contributed by atoms with Crippen molar-refractivity contribution >= 4 is 5.91 Å². The van der Waals surface area contributed by atoms with Gasteiger partial charge in [0.2, 0.25) is 0 Å². The van der Waals surface area contributed by atoms with Gasteiger partial charge in [0, 0.05) is 25.5 Å². The first kappa shape index (κ1) is 16.0. The molecule has 0 aliphatic carbocycles. The van der Waals surface area contributed by atoms with E-state index in [1.54, 1.807) is 19.4 Å². The number of imidazole rings is 1. The van der Waals surface area contributed by atoms with E-state index in [4.69, 9.17) is 4.52 Å². The quantitative estimate of drug-likeness (QED) is 0.756. The Balaban J connectivity index is 1.60. The van der Waals surface area contributed by atoms with E-state index in [2.05, 4.69) is 27.6 Å². The number of nitrogens with one attached hydrogen (secondary N) is 1. The van der Waals surface area contributed by atoms with Crippen LogP contribution in [0.5, 0.6) is 0 Å². The Morgan fingerprint density at radius 3 is 2.67 bits per heavy atom. The lowest BCUT2D eigenvalue weighted by Crippen LogP contribution is -2.24. The van der Waals surface area contributed by atoms with Gasteiger partial charge in [0.25, 0.3) is 5.91 Å². The fourth-order valence-corrected chi connectivity index (χ4v) is 2.57. The summed E-state index contributed by atoms with van der Waals surface area (Å²) in [5, 5.41) is 6.84. The molecule has 0 unspecified atom stereocenters. The van der Waals surface area contributed by atoms with E-state index >= 15 is 0 Å². The number of amides is 1. The fourth-order valence-electron chi connectivity index (χ4n) is 2.57. The number of carbonyl (C=O) groups is 1. The number of hydrogen-bond donors (Lipinski definition) is 1. The number of hydrogen-bond acceptors (Lipinski definition) is 4. The average Bonchev–Trinajstić information content (AvgIpc) is 3.23. The summed E-state index contributed by atoms with van der Waals surface area (Å²) in [6.07, 6.45) is 6.16. The molecule has 1 aromatic carbocycles. The van der Waals surface area contributed by atoms with Crippen molar-refractivity contribution in [2.75, 3.05) is 0 Å². The van der Waals surface area contributed by atoms with Crippen LogP contribution in [-0.4, -0.2) is 20.6 Å². The number of carbonyl (C=O) groups excluding carboxylic acids is 1. The van der Waals surface area contributed by atoms with Gasteiger partial charge in [0.05, 0.1) is 12.0 Å². The maximum atomic E-state index is 12.3. The fraction of sp³-hybridized carbons (Fsp3) is 0.278. The van der Waals surface area contributed by atoms with Gasteiger partial charge in [-0.1, -0.05) is 36.3 Å². The third-order valence-electron chi connectivity index (χ3n) is 3.90. The van der Waals surface area contributed by atoms with Crippen LogP contribution in [0.2, 0.25) is 0 Å². The zero-order valence-corrected chi connectivity index (χ0v) is 13.8. The molecule has 1 N–H and O–H groups in total. The Labute approximate surface area is 140 Å². The summed E-state index contributed by atoms with van der Waals surface area (Å²) in [7, 11) is 0. The lowest BCUT2D eigenvalue weighted by atomic mass is 10.1. The van der Waals surface area contributed by atoms with E-state index in [9.17, 15) is 4.79 Å². The van der Waals surface area contributed by atoms with E-state index in [-0.39, 0.29) is 5.91 Å². The molecule has 0 atom stereocenters. The van der Waals surface area contributed by atoms with Crippen molar-refractivity contribution in [2.24, 2.45) is 0 Å². The number of nitrogens with zero attached hydrogens (tertiary/aromatic N) is 3. The summed E-state index contributed by atoms with van der Waals surface area (Å²) < 4.78 is 7.12. The normalized spacial score (nSPS) is 10.8. The molecule has 6 nitrogen and oxygen atoms in total. The first-order valence-corrected chi connectivity index (χ1v) is 7.94. The zero-order valence-electron chi connectivity index (χ0n) is 13.8. The minimum Gasteiger partial charge on any atom is -0.361 e. The van der Waals surface area contributed by atoms with Gasteiger partial charge in [-0.05, 0) is 24.5 Å². The average molecular weight is 324 g/mol. The molecule has 2 aromatic heterocycles. The largest absolute Gasteiger partial charge is 0.361 e. The summed E-state index contributed by atoms with van der Waals surface area (Å²) in [6.45, 7) is 4.96. The van der Waals surface area contributed by atoms with Crippen molar-refractivity contribution in [1.82, 2.24) is 20.0 Å². The van der Waals surface area contributed by atoms with Crippen molar-refractivity contribution in [3.8, 4) is 0 Å². The second-order valence-corrected chi connectivity index (χ2v) is 5.65. The first-order chi connectivity index (χ1) is 11.7. The van der Waals surface area contributed by atoms with Gasteiger partial charge in [0.15, 0.2) is 0 Å². The van der Waals surface area contributed by atoms with E-state index in [0.29, 0.717) is 30.0 Å². The maximum Gasteiger partial charge on any atom is 0.257 e. The highest BCUT2D eigenvalue weighted by Crippen LogP contribution is 2.14. The molecule has 0 saturated carbocycles. The van der Waals surface area contributed by atoms with Crippen LogP contribution >= 0.6 is 0 Å². The molecule has 3 rings (SSSR count). The second-order valence-electron chi connectivity index (χ2n) is 5.65. The van der Waals surface area contributed by atoms with Crippen LogP contribution in [0, 0.1) is 6.92 Å². The molecule has 0 bridgehead atoms. The highest BCUT2D eigenvalue weighted by atomic mass is 16.5. The number of aryl methyl sites for hydroxylation is 2. The SMILES string of the molecule is CCc1noc(C)c1C(=O)NCc1ccc(Cn2ccnc2)cc1. The second kappa shape index (κ2) is 7.12. The van der Waals surface area contributed by atoms with Crippen molar-refractivity contribution in [3.05, 3.63) is 71.1 Å². The third-order valence-corrected chi connectivity index (χ3v) is 3.90. The molecular weight excluding hydrogens is 304 g/mol.